The molecule has 168 valence electrons. The van der Waals surface area contributed by atoms with E-state index in [9.17, 15) is 0 Å². The molecule has 2 saturated carbocycles. The fraction of sp³-hybridized carbons (Fsp3) is 0.696. The molecular formula is C23H36IN3O3. The quantitative estimate of drug-likeness (QED) is 0.314. The highest BCUT2D eigenvalue weighted by Gasteiger charge is 2.66. The van der Waals surface area contributed by atoms with Crippen LogP contribution in [0.5, 0.6) is 11.5 Å². The van der Waals surface area contributed by atoms with Crippen molar-refractivity contribution in [2.75, 3.05) is 26.9 Å². The van der Waals surface area contributed by atoms with E-state index in [1.807, 2.05) is 27.0 Å². The van der Waals surface area contributed by atoms with Crippen LogP contribution in [0, 0.1) is 11.3 Å². The molecule has 1 aromatic carbocycles. The lowest BCUT2D eigenvalue weighted by molar-refractivity contribution is -0.171. The Morgan fingerprint density at radius 1 is 1.23 bits per heavy atom. The highest BCUT2D eigenvalue weighted by molar-refractivity contribution is 14.0. The van der Waals surface area contributed by atoms with Gasteiger partial charge in [-0.05, 0) is 57.7 Å². The van der Waals surface area contributed by atoms with Gasteiger partial charge in [-0.2, -0.15) is 0 Å². The Balaban J connectivity index is 0.00000256. The number of aliphatic imine (C=N–C) groups is 1. The maximum absolute atomic E-state index is 6.05. The van der Waals surface area contributed by atoms with E-state index in [4.69, 9.17) is 14.2 Å². The van der Waals surface area contributed by atoms with Crippen molar-refractivity contribution in [3.8, 4) is 11.5 Å². The summed E-state index contributed by atoms with van der Waals surface area (Å²) in [5.41, 5.74) is 1.48. The van der Waals surface area contributed by atoms with E-state index in [1.54, 1.807) is 0 Å². The average Bonchev–Trinajstić information content (AvgIpc) is 3.10. The van der Waals surface area contributed by atoms with Crippen molar-refractivity contribution in [3.63, 3.8) is 0 Å². The van der Waals surface area contributed by atoms with Crippen LogP contribution in [0.15, 0.2) is 23.2 Å². The van der Waals surface area contributed by atoms with Gasteiger partial charge in [-0.3, -0.25) is 4.99 Å². The summed E-state index contributed by atoms with van der Waals surface area (Å²) in [5, 5.41) is 7.31. The number of rotatable bonds is 7. The number of fused-ring (bicyclic) bond motifs is 2. The van der Waals surface area contributed by atoms with Crippen LogP contribution in [0.2, 0.25) is 0 Å². The van der Waals surface area contributed by atoms with E-state index in [1.165, 1.54) is 19.3 Å². The molecule has 1 aromatic rings. The summed E-state index contributed by atoms with van der Waals surface area (Å²) >= 11 is 0. The summed E-state index contributed by atoms with van der Waals surface area (Å²) in [5.74, 6) is 3.08. The number of halogens is 1. The number of benzene rings is 1. The summed E-state index contributed by atoms with van der Waals surface area (Å²) in [6, 6.07) is 6.73. The van der Waals surface area contributed by atoms with Crippen LogP contribution in [0.25, 0.3) is 0 Å². The molecule has 6 nitrogen and oxygen atoms in total. The Morgan fingerprint density at radius 3 is 2.60 bits per heavy atom. The van der Waals surface area contributed by atoms with Gasteiger partial charge in [0.25, 0.3) is 0 Å². The summed E-state index contributed by atoms with van der Waals surface area (Å²) in [4.78, 5) is 4.52. The van der Waals surface area contributed by atoms with E-state index in [2.05, 4.69) is 34.7 Å². The first-order valence-corrected chi connectivity index (χ1v) is 11.1. The SMILES string of the molecule is CCOc1ccc(C(C)NC(=NC)NC2C3CCOC3C23CCC3)cc1OCC.I. The molecule has 2 aliphatic carbocycles. The maximum atomic E-state index is 6.05. The van der Waals surface area contributed by atoms with Crippen LogP contribution < -0.4 is 20.1 Å². The van der Waals surface area contributed by atoms with Crippen molar-refractivity contribution in [2.24, 2.45) is 16.3 Å². The monoisotopic (exact) mass is 529 g/mol. The van der Waals surface area contributed by atoms with Gasteiger partial charge in [0.2, 0.25) is 0 Å². The molecule has 1 spiro atoms. The smallest absolute Gasteiger partial charge is 0.191 e. The molecule has 4 rings (SSSR count). The molecule has 30 heavy (non-hydrogen) atoms. The molecule has 0 amide bonds. The zero-order valence-electron chi connectivity index (χ0n) is 18.6. The molecular weight excluding hydrogens is 493 g/mol. The highest BCUT2D eigenvalue weighted by atomic mass is 127. The fourth-order valence-electron chi connectivity index (χ4n) is 5.40. The van der Waals surface area contributed by atoms with Crippen LogP contribution in [-0.2, 0) is 4.74 Å². The van der Waals surface area contributed by atoms with Crippen molar-refractivity contribution in [2.45, 2.75) is 64.6 Å². The lowest BCUT2D eigenvalue weighted by atomic mass is 9.46. The molecule has 7 heteroatoms. The number of nitrogens with one attached hydrogen (secondary N) is 2. The molecule has 0 radical (unpaired) electrons. The third kappa shape index (κ3) is 4.11. The molecule has 1 saturated heterocycles. The van der Waals surface area contributed by atoms with Crippen molar-refractivity contribution >= 4 is 29.9 Å². The van der Waals surface area contributed by atoms with Crippen LogP contribution in [-0.4, -0.2) is 45.0 Å². The zero-order valence-corrected chi connectivity index (χ0v) is 20.9. The molecule has 2 N–H and O–H groups in total. The molecule has 4 unspecified atom stereocenters. The van der Waals surface area contributed by atoms with Crippen molar-refractivity contribution in [1.29, 1.82) is 0 Å². The molecule has 3 aliphatic rings. The van der Waals surface area contributed by atoms with Crippen LogP contribution in [0.1, 0.15) is 58.1 Å². The molecule has 0 bridgehead atoms. The second-order valence-corrected chi connectivity index (χ2v) is 8.46. The van der Waals surface area contributed by atoms with Crippen LogP contribution in [0.4, 0.5) is 0 Å². The minimum Gasteiger partial charge on any atom is -0.490 e. The number of guanidine groups is 1. The Hall–Kier alpha value is -1.22. The Kier molecular flexibility index (Phi) is 7.76. The van der Waals surface area contributed by atoms with E-state index in [0.29, 0.717) is 36.7 Å². The van der Waals surface area contributed by atoms with Gasteiger partial charge < -0.3 is 24.8 Å². The van der Waals surface area contributed by atoms with Gasteiger partial charge in [0.05, 0.1) is 25.4 Å². The first-order chi connectivity index (χ1) is 14.1. The first kappa shape index (κ1) is 23.4. The molecule has 4 atom stereocenters. The molecule has 1 heterocycles. The summed E-state index contributed by atoms with van der Waals surface area (Å²) < 4.78 is 17.5. The van der Waals surface area contributed by atoms with Crippen molar-refractivity contribution in [3.05, 3.63) is 23.8 Å². The second-order valence-electron chi connectivity index (χ2n) is 8.46. The minimum atomic E-state index is 0. The number of ether oxygens (including phenoxy) is 3. The lowest BCUT2D eigenvalue weighted by Crippen LogP contribution is -2.72. The highest BCUT2D eigenvalue weighted by Crippen LogP contribution is 2.62. The third-order valence-electron chi connectivity index (χ3n) is 6.97. The van der Waals surface area contributed by atoms with Gasteiger partial charge in [-0.1, -0.05) is 12.5 Å². The fourth-order valence-corrected chi connectivity index (χ4v) is 5.40. The van der Waals surface area contributed by atoms with E-state index in [0.717, 1.165) is 36.0 Å². The van der Waals surface area contributed by atoms with Gasteiger partial charge in [0.15, 0.2) is 17.5 Å². The van der Waals surface area contributed by atoms with Crippen LogP contribution >= 0.6 is 24.0 Å². The Morgan fingerprint density at radius 2 is 1.97 bits per heavy atom. The largest absolute Gasteiger partial charge is 0.490 e. The number of hydrogen-bond donors (Lipinski definition) is 2. The normalized spacial score (nSPS) is 27.2. The molecule has 1 aliphatic heterocycles. The van der Waals surface area contributed by atoms with Gasteiger partial charge in [-0.25, -0.2) is 0 Å². The predicted octanol–water partition coefficient (Wildman–Crippen LogP) is 4.29. The summed E-state index contributed by atoms with van der Waals surface area (Å²) in [7, 11) is 1.85. The molecule has 3 fully saturated rings. The standard InChI is InChI=1S/C23H35N3O3.HI/c1-5-27-18-9-8-16(14-19(18)28-6-2)15(3)25-22(24-4)26-20-17-10-13-29-21(17)23(20)11-7-12-23;/h8-9,14-15,17,20-21H,5-7,10-13H2,1-4H3,(H2,24,25,26);1H. The van der Waals surface area contributed by atoms with E-state index in [-0.39, 0.29) is 30.0 Å². The Labute approximate surface area is 197 Å². The first-order valence-electron chi connectivity index (χ1n) is 11.1. The van der Waals surface area contributed by atoms with Gasteiger partial charge >= 0.3 is 0 Å². The predicted molar refractivity (Wildman–Crippen MR) is 130 cm³/mol. The number of hydrogen-bond acceptors (Lipinski definition) is 4. The topological polar surface area (TPSA) is 64.1 Å². The lowest BCUT2D eigenvalue weighted by Gasteiger charge is -2.63. The van der Waals surface area contributed by atoms with E-state index >= 15 is 0 Å². The van der Waals surface area contributed by atoms with Crippen molar-refractivity contribution in [1.82, 2.24) is 10.6 Å². The summed E-state index contributed by atoms with van der Waals surface area (Å²) in [6.07, 6.45) is 5.49. The number of nitrogens with zero attached hydrogens (tertiary/aromatic N) is 1. The van der Waals surface area contributed by atoms with Crippen molar-refractivity contribution < 1.29 is 14.2 Å². The van der Waals surface area contributed by atoms with Crippen LogP contribution in [0.3, 0.4) is 0 Å². The summed E-state index contributed by atoms with van der Waals surface area (Å²) in [6.45, 7) is 8.27. The van der Waals surface area contributed by atoms with Gasteiger partial charge in [-0.15, -0.1) is 24.0 Å². The third-order valence-corrected chi connectivity index (χ3v) is 6.97. The average molecular weight is 529 g/mol. The zero-order chi connectivity index (χ0) is 20.4. The van der Waals surface area contributed by atoms with E-state index < -0.39 is 0 Å². The second kappa shape index (κ2) is 9.94. The van der Waals surface area contributed by atoms with Gasteiger partial charge in [0, 0.05) is 31.0 Å². The van der Waals surface area contributed by atoms with Gasteiger partial charge in [0.1, 0.15) is 0 Å². The molecule has 0 aromatic heterocycles. The minimum absolute atomic E-state index is 0. The maximum Gasteiger partial charge on any atom is 0.191 e. The Bertz CT molecular complexity index is 753.